The van der Waals surface area contributed by atoms with Crippen LogP contribution in [0.15, 0.2) is 0 Å². The first-order valence-electron chi connectivity index (χ1n) is 6.16. The van der Waals surface area contributed by atoms with E-state index in [0.717, 1.165) is 29.6 Å². The van der Waals surface area contributed by atoms with E-state index >= 15 is 0 Å². The molecule has 0 radical (unpaired) electrons. The van der Waals surface area contributed by atoms with Crippen molar-refractivity contribution in [2.24, 2.45) is 29.6 Å². The van der Waals surface area contributed by atoms with E-state index in [1.54, 1.807) is 6.42 Å². The summed E-state index contributed by atoms with van der Waals surface area (Å²) < 4.78 is 0. The second-order valence-corrected chi connectivity index (χ2v) is 5.90. The van der Waals surface area contributed by atoms with Gasteiger partial charge in [-0.1, -0.05) is 33.6 Å². The van der Waals surface area contributed by atoms with Crippen LogP contribution >= 0.6 is 0 Å². The Bertz CT molecular complexity index is 173. The van der Waals surface area contributed by atoms with Crippen LogP contribution in [0.2, 0.25) is 0 Å². The Morgan fingerprint density at radius 3 is 2.31 bits per heavy atom. The average Bonchev–Trinajstić information content (AvgIpc) is 2.78. The van der Waals surface area contributed by atoms with Crippen LogP contribution in [0.1, 0.15) is 52.9 Å². The summed E-state index contributed by atoms with van der Waals surface area (Å²) in [6, 6.07) is 0. The molecule has 0 spiro atoms. The molecule has 5 unspecified atom stereocenters. The van der Waals surface area contributed by atoms with Crippen LogP contribution in [0.4, 0.5) is 0 Å². The molecule has 2 aliphatic carbocycles. The molecule has 2 rings (SSSR count). The lowest BCUT2D eigenvalue weighted by Crippen LogP contribution is -2.03. The highest BCUT2D eigenvalue weighted by molar-refractivity contribution is 4.91. The van der Waals surface area contributed by atoms with Gasteiger partial charge in [0.05, 0.1) is 0 Å². The van der Waals surface area contributed by atoms with E-state index in [2.05, 4.69) is 20.8 Å². The topological polar surface area (TPSA) is 0 Å². The van der Waals surface area contributed by atoms with Crippen molar-refractivity contribution < 1.29 is 0 Å². The monoisotopic (exact) mass is 180 g/mol. The van der Waals surface area contributed by atoms with Crippen molar-refractivity contribution in [2.75, 3.05) is 0 Å². The van der Waals surface area contributed by atoms with Gasteiger partial charge in [0.1, 0.15) is 0 Å². The van der Waals surface area contributed by atoms with Crippen LogP contribution < -0.4 is 0 Å². The highest BCUT2D eigenvalue weighted by atomic mass is 14.5. The molecular formula is C13H24. The second-order valence-electron chi connectivity index (χ2n) is 5.90. The molecule has 0 aromatic carbocycles. The van der Waals surface area contributed by atoms with Gasteiger partial charge in [0, 0.05) is 0 Å². The van der Waals surface area contributed by atoms with Gasteiger partial charge in [-0.05, 0) is 48.9 Å². The first-order chi connectivity index (χ1) is 6.16. The summed E-state index contributed by atoms with van der Waals surface area (Å²) in [6.45, 7) is 7.38. The third-order valence-electron chi connectivity index (χ3n) is 4.33. The number of fused-ring (bicyclic) bond motifs is 1. The molecule has 0 N–H and O–H groups in total. The van der Waals surface area contributed by atoms with Gasteiger partial charge in [0.2, 0.25) is 0 Å². The maximum atomic E-state index is 2.48. The summed E-state index contributed by atoms with van der Waals surface area (Å²) in [5.41, 5.74) is 0. The maximum Gasteiger partial charge on any atom is -0.0357 e. The van der Waals surface area contributed by atoms with Crippen LogP contribution in [0.5, 0.6) is 0 Å². The van der Waals surface area contributed by atoms with Crippen LogP contribution in [0.25, 0.3) is 0 Å². The molecule has 0 nitrogen and oxygen atoms in total. The smallest absolute Gasteiger partial charge is 0.0357 e. The summed E-state index contributed by atoms with van der Waals surface area (Å²) in [6.07, 6.45) is 7.54. The Hall–Kier alpha value is 0. The first-order valence-corrected chi connectivity index (χ1v) is 6.16. The van der Waals surface area contributed by atoms with E-state index in [9.17, 15) is 0 Å². The number of hydrogen-bond donors (Lipinski definition) is 0. The van der Waals surface area contributed by atoms with E-state index in [1.165, 1.54) is 25.7 Å². The molecule has 0 heteroatoms. The second kappa shape index (κ2) is 3.63. The van der Waals surface area contributed by atoms with Gasteiger partial charge >= 0.3 is 0 Å². The van der Waals surface area contributed by atoms with E-state index < -0.39 is 0 Å². The number of hydrogen-bond acceptors (Lipinski definition) is 0. The fourth-order valence-corrected chi connectivity index (χ4v) is 3.42. The van der Waals surface area contributed by atoms with Crippen molar-refractivity contribution in [3.05, 3.63) is 0 Å². The zero-order valence-corrected chi connectivity index (χ0v) is 9.42. The van der Waals surface area contributed by atoms with Crippen molar-refractivity contribution in [2.45, 2.75) is 52.9 Å². The Morgan fingerprint density at radius 2 is 1.54 bits per heavy atom. The van der Waals surface area contributed by atoms with Crippen LogP contribution in [-0.4, -0.2) is 0 Å². The van der Waals surface area contributed by atoms with Crippen molar-refractivity contribution in [3.63, 3.8) is 0 Å². The van der Waals surface area contributed by atoms with Gasteiger partial charge in [0.15, 0.2) is 0 Å². The summed E-state index contributed by atoms with van der Waals surface area (Å²) >= 11 is 0. The molecule has 0 bridgehead atoms. The fourth-order valence-electron chi connectivity index (χ4n) is 3.42. The van der Waals surface area contributed by atoms with Crippen molar-refractivity contribution in [3.8, 4) is 0 Å². The fraction of sp³-hybridized carbons (Fsp3) is 1.00. The van der Waals surface area contributed by atoms with E-state index in [0.29, 0.717) is 0 Å². The van der Waals surface area contributed by atoms with Gasteiger partial charge in [-0.15, -0.1) is 0 Å². The molecule has 0 heterocycles. The summed E-state index contributed by atoms with van der Waals surface area (Å²) in [4.78, 5) is 0. The molecule has 0 aromatic heterocycles. The molecule has 13 heavy (non-hydrogen) atoms. The summed E-state index contributed by atoms with van der Waals surface area (Å²) in [5.74, 6) is 5.24. The van der Waals surface area contributed by atoms with Crippen molar-refractivity contribution in [1.29, 1.82) is 0 Å². The molecule has 0 aromatic rings. The van der Waals surface area contributed by atoms with Crippen LogP contribution in [0.3, 0.4) is 0 Å². The molecule has 5 atom stereocenters. The molecule has 0 saturated heterocycles. The zero-order chi connectivity index (χ0) is 9.42. The molecule has 2 aliphatic rings. The minimum absolute atomic E-state index is 0.981. The number of rotatable bonds is 0. The Morgan fingerprint density at radius 1 is 0.769 bits per heavy atom. The standard InChI is InChI=1S/C13H24/c1-9-4-5-11(3)13-8-12(13)7-10(2)6-9/h9-13H,4-8H2,1-3H3. The van der Waals surface area contributed by atoms with Crippen LogP contribution in [0, 0.1) is 29.6 Å². The molecule has 76 valence electrons. The van der Waals surface area contributed by atoms with E-state index in [4.69, 9.17) is 0 Å². The zero-order valence-electron chi connectivity index (χ0n) is 9.42. The van der Waals surface area contributed by atoms with E-state index in [-0.39, 0.29) is 0 Å². The maximum absolute atomic E-state index is 2.48. The predicted molar refractivity (Wildman–Crippen MR) is 57.6 cm³/mol. The largest absolute Gasteiger partial charge is 0.0625 e. The Balaban J connectivity index is 1.94. The average molecular weight is 180 g/mol. The normalized spacial score (nSPS) is 51.5. The lowest BCUT2D eigenvalue weighted by atomic mass is 9.90. The van der Waals surface area contributed by atoms with Gasteiger partial charge in [-0.2, -0.15) is 0 Å². The summed E-state index contributed by atoms with van der Waals surface area (Å²) in [5, 5.41) is 0. The lowest BCUT2D eigenvalue weighted by molar-refractivity contribution is 0.361. The SMILES string of the molecule is CC1CCC(C)C2CC2CC(C)C1. The minimum Gasteiger partial charge on any atom is -0.0625 e. The summed E-state index contributed by atoms with van der Waals surface area (Å²) in [7, 11) is 0. The van der Waals surface area contributed by atoms with Crippen LogP contribution in [-0.2, 0) is 0 Å². The third kappa shape index (κ3) is 2.27. The minimum atomic E-state index is 0.981. The van der Waals surface area contributed by atoms with Gasteiger partial charge < -0.3 is 0 Å². The molecule has 0 amide bonds. The molecule has 2 fully saturated rings. The van der Waals surface area contributed by atoms with Crippen molar-refractivity contribution >= 4 is 0 Å². The Kier molecular flexibility index (Phi) is 2.67. The quantitative estimate of drug-likeness (QED) is 0.526. The van der Waals surface area contributed by atoms with Gasteiger partial charge in [-0.25, -0.2) is 0 Å². The predicted octanol–water partition coefficient (Wildman–Crippen LogP) is 4.10. The highest BCUT2D eigenvalue weighted by Gasteiger charge is 2.41. The highest BCUT2D eigenvalue weighted by Crippen LogP contribution is 2.51. The van der Waals surface area contributed by atoms with Gasteiger partial charge in [0.25, 0.3) is 0 Å². The van der Waals surface area contributed by atoms with Crippen molar-refractivity contribution in [1.82, 2.24) is 0 Å². The molecular weight excluding hydrogens is 156 g/mol. The molecule has 0 aliphatic heterocycles. The molecule has 2 saturated carbocycles. The third-order valence-corrected chi connectivity index (χ3v) is 4.33. The van der Waals surface area contributed by atoms with E-state index in [1.807, 2.05) is 0 Å². The Labute approximate surface area is 83.1 Å². The first kappa shape index (κ1) is 9.55. The lowest BCUT2D eigenvalue weighted by Gasteiger charge is -2.16. The van der Waals surface area contributed by atoms with Gasteiger partial charge in [-0.3, -0.25) is 0 Å².